The van der Waals surface area contributed by atoms with Gasteiger partial charge in [-0.05, 0) is 11.1 Å². The van der Waals surface area contributed by atoms with Crippen LogP contribution in [-0.4, -0.2) is 16.5 Å². The van der Waals surface area contributed by atoms with Crippen molar-refractivity contribution in [1.29, 1.82) is 0 Å². The Morgan fingerprint density at radius 3 is 2.35 bits per heavy atom. The number of benzene rings is 2. The van der Waals surface area contributed by atoms with Crippen molar-refractivity contribution in [1.82, 2.24) is 5.43 Å². The van der Waals surface area contributed by atoms with Gasteiger partial charge in [-0.15, -0.1) is 23.2 Å². The highest BCUT2D eigenvalue weighted by Gasteiger charge is 2.63. The number of hydrazone groups is 1. The predicted octanol–water partition coefficient (Wildman–Crippen LogP) is 3.92. The van der Waals surface area contributed by atoms with Crippen molar-refractivity contribution in [3.05, 3.63) is 71.8 Å². The quantitative estimate of drug-likeness (QED) is 0.497. The van der Waals surface area contributed by atoms with E-state index in [0.717, 1.165) is 11.1 Å². The minimum atomic E-state index is -0.866. The third-order valence-corrected chi connectivity index (χ3v) is 4.87. The SMILES string of the molecule is O=C(Cc1ccccc1)N/N=C\[C@@H]1[C@@H](c2ccccc2)C1(Cl)Cl. The van der Waals surface area contributed by atoms with Gasteiger partial charge < -0.3 is 0 Å². The average molecular weight is 347 g/mol. The normalized spacial score (nSPS) is 22.0. The monoisotopic (exact) mass is 346 g/mol. The van der Waals surface area contributed by atoms with Crippen LogP contribution < -0.4 is 5.43 Å². The maximum Gasteiger partial charge on any atom is 0.244 e. The summed E-state index contributed by atoms with van der Waals surface area (Å²) >= 11 is 12.6. The first-order chi connectivity index (χ1) is 11.1. The molecule has 3 rings (SSSR count). The minimum Gasteiger partial charge on any atom is -0.273 e. The van der Waals surface area contributed by atoms with Gasteiger partial charge in [0.15, 0.2) is 0 Å². The molecule has 0 spiro atoms. The molecule has 2 atom stereocenters. The second-order valence-corrected chi connectivity index (χ2v) is 7.01. The number of rotatable bonds is 5. The van der Waals surface area contributed by atoms with Crippen molar-refractivity contribution in [3.63, 3.8) is 0 Å². The van der Waals surface area contributed by atoms with E-state index in [2.05, 4.69) is 10.5 Å². The largest absolute Gasteiger partial charge is 0.273 e. The molecular weight excluding hydrogens is 331 g/mol. The highest BCUT2D eigenvalue weighted by molar-refractivity contribution is 6.53. The van der Waals surface area contributed by atoms with Gasteiger partial charge in [0, 0.05) is 18.1 Å². The first-order valence-electron chi connectivity index (χ1n) is 7.38. The van der Waals surface area contributed by atoms with Crippen LogP contribution in [0.2, 0.25) is 0 Å². The van der Waals surface area contributed by atoms with Crippen molar-refractivity contribution in [2.45, 2.75) is 16.7 Å². The third-order valence-electron chi connectivity index (χ3n) is 3.90. The summed E-state index contributed by atoms with van der Waals surface area (Å²) in [5.74, 6) is -0.272. The summed E-state index contributed by atoms with van der Waals surface area (Å²) in [6.07, 6.45) is 1.92. The molecule has 0 radical (unpaired) electrons. The van der Waals surface area contributed by atoms with Gasteiger partial charge in [0.25, 0.3) is 0 Å². The molecule has 2 aromatic carbocycles. The Hall–Kier alpha value is -1.84. The van der Waals surface area contributed by atoms with E-state index in [1.807, 2.05) is 60.7 Å². The number of hydrogen-bond acceptors (Lipinski definition) is 2. The highest BCUT2D eigenvalue weighted by Crippen LogP contribution is 2.63. The molecule has 1 N–H and O–H groups in total. The summed E-state index contributed by atoms with van der Waals surface area (Å²) < 4.78 is -0.866. The van der Waals surface area contributed by atoms with Crippen LogP contribution >= 0.6 is 23.2 Å². The van der Waals surface area contributed by atoms with E-state index in [0.29, 0.717) is 0 Å². The molecule has 1 amide bonds. The molecule has 0 aliphatic heterocycles. The van der Waals surface area contributed by atoms with E-state index in [1.54, 1.807) is 6.21 Å². The van der Waals surface area contributed by atoms with E-state index in [1.165, 1.54) is 0 Å². The molecule has 0 aromatic heterocycles. The van der Waals surface area contributed by atoms with Crippen molar-refractivity contribution >= 4 is 35.3 Å². The molecule has 5 heteroatoms. The van der Waals surface area contributed by atoms with E-state index < -0.39 is 4.33 Å². The molecule has 1 aliphatic carbocycles. The van der Waals surface area contributed by atoms with E-state index >= 15 is 0 Å². The van der Waals surface area contributed by atoms with Crippen LogP contribution in [-0.2, 0) is 11.2 Å². The summed E-state index contributed by atoms with van der Waals surface area (Å²) in [6.45, 7) is 0. The van der Waals surface area contributed by atoms with E-state index in [-0.39, 0.29) is 24.2 Å². The molecular formula is C18H16Cl2N2O. The van der Waals surface area contributed by atoms with Crippen molar-refractivity contribution < 1.29 is 4.79 Å². The summed E-state index contributed by atoms with van der Waals surface area (Å²) in [6, 6.07) is 19.3. The van der Waals surface area contributed by atoms with Crippen LogP contribution in [0.15, 0.2) is 65.8 Å². The first-order valence-corrected chi connectivity index (χ1v) is 8.13. The summed E-state index contributed by atoms with van der Waals surface area (Å²) in [7, 11) is 0. The van der Waals surface area contributed by atoms with Gasteiger partial charge in [-0.25, -0.2) is 5.43 Å². The molecule has 0 heterocycles. The van der Waals surface area contributed by atoms with E-state index in [9.17, 15) is 4.79 Å². The molecule has 0 saturated heterocycles. The number of nitrogens with one attached hydrogen (secondary N) is 1. The maximum atomic E-state index is 11.8. The van der Waals surface area contributed by atoms with Gasteiger partial charge >= 0.3 is 0 Å². The number of nitrogens with zero attached hydrogens (tertiary/aromatic N) is 1. The highest BCUT2D eigenvalue weighted by atomic mass is 35.5. The van der Waals surface area contributed by atoms with Crippen LogP contribution in [0, 0.1) is 5.92 Å². The Bertz CT molecular complexity index is 701. The van der Waals surface area contributed by atoms with Crippen LogP contribution in [0.5, 0.6) is 0 Å². The standard InChI is InChI=1S/C18H16Cl2N2O/c19-18(20)15(17(18)14-9-5-2-6-10-14)12-21-22-16(23)11-13-7-3-1-4-8-13/h1-10,12,15,17H,11H2,(H,22,23)/b21-12-/t15-,17-/m1/s1. The Labute approximate surface area is 145 Å². The minimum absolute atomic E-state index is 0.00167. The fraction of sp³-hybridized carbons (Fsp3) is 0.222. The fourth-order valence-electron chi connectivity index (χ4n) is 2.64. The third kappa shape index (κ3) is 3.74. The Morgan fingerprint density at radius 2 is 1.70 bits per heavy atom. The Kier molecular flexibility index (Phi) is 4.69. The zero-order chi connectivity index (χ0) is 16.3. The molecule has 0 bridgehead atoms. The lowest BCUT2D eigenvalue weighted by Gasteiger charge is -1.99. The first kappa shape index (κ1) is 16.0. The maximum absolute atomic E-state index is 11.8. The van der Waals surface area contributed by atoms with Gasteiger partial charge in [0.1, 0.15) is 4.33 Å². The molecule has 2 aromatic rings. The molecule has 118 valence electrons. The lowest BCUT2D eigenvalue weighted by Crippen LogP contribution is -2.20. The number of alkyl halides is 2. The topological polar surface area (TPSA) is 41.5 Å². The van der Waals surface area contributed by atoms with Gasteiger partial charge in [-0.2, -0.15) is 5.10 Å². The second-order valence-electron chi connectivity index (χ2n) is 5.56. The fourth-order valence-corrected chi connectivity index (χ4v) is 3.40. The van der Waals surface area contributed by atoms with Crippen LogP contribution in [0.4, 0.5) is 0 Å². The smallest absolute Gasteiger partial charge is 0.244 e. The number of amides is 1. The summed E-state index contributed by atoms with van der Waals surface area (Å²) in [5, 5.41) is 4.01. The van der Waals surface area contributed by atoms with Crippen LogP contribution in [0.1, 0.15) is 17.0 Å². The number of carbonyl (C=O) groups is 1. The van der Waals surface area contributed by atoms with Gasteiger partial charge in [-0.3, -0.25) is 4.79 Å². The van der Waals surface area contributed by atoms with Gasteiger partial charge in [0.2, 0.25) is 5.91 Å². The second kappa shape index (κ2) is 6.73. The number of hydrogen-bond donors (Lipinski definition) is 1. The van der Waals surface area contributed by atoms with Crippen molar-refractivity contribution in [2.24, 2.45) is 11.0 Å². The lowest BCUT2D eigenvalue weighted by atomic mass is 10.1. The van der Waals surface area contributed by atoms with Crippen molar-refractivity contribution in [2.75, 3.05) is 0 Å². The molecule has 1 saturated carbocycles. The molecule has 3 nitrogen and oxygen atoms in total. The average Bonchev–Trinajstić information content (AvgIpc) is 3.10. The van der Waals surface area contributed by atoms with Crippen LogP contribution in [0.3, 0.4) is 0 Å². The number of carbonyl (C=O) groups excluding carboxylic acids is 1. The molecule has 23 heavy (non-hydrogen) atoms. The van der Waals surface area contributed by atoms with Gasteiger partial charge in [0.05, 0.1) is 6.42 Å². The Morgan fingerprint density at radius 1 is 1.09 bits per heavy atom. The lowest BCUT2D eigenvalue weighted by molar-refractivity contribution is -0.120. The zero-order valence-corrected chi connectivity index (χ0v) is 13.8. The van der Waals surface area contributed by atoms with Crippen LogP contribution in [0.25, 0.3) is 0 Å². The van der Waals surface area contributed by atoms with E-state index in [4.69, 9.17) is 23.2 Å². The predicted molar refractivity (Wildman–Crippen MR) is 93.9 cm³/mol. The molecule has 0 unspecified atom stereocenters. The van der Waals surface area contributed by atoms with Gasteiger partial charge in [-0.1, -0.05) is 60.7 Å². The zero-order valence-electron chi connectivity index (χ0n) is 12.3. The van der Waals surface area contributed by atoms with Crippen molar-refractivity contribution in [3.8, 4) is 0 Å². The Balaban J connectivity index is 1.55. The summed E-state index contributed by atoms with van der Waals surface area (Å²) in [5.41, 5.74) is 4.54. The summed E-state index contributed by atoms with van der Waals surface area (Å²) in [4.78, 5) is 11.8. The number of halogens is 2. The molecule has 1 fully saturated rings. The molecule has 1 aliphatic rings.